The van der Waals surface area contributed by atoms with Crippen LogP contribution in [0.25, 0.3) is 33.7 Å². The van der Waals surface area contributed by atoms with Crippen molar-refractivity contribution < 1.29 is 9.32 Å². The molecule has 1 amide bonds. The molecule has 0 radical (unpaired) electrons. The minimum Gasteiger partial charge on any atom is -0.341 e. The van der Waals surface area contributed by atoms with Gasteiger partial charge in [-0.2, -0.15) is 10.1 Å². The van der Waals surface area contributed by atoms with Gasteiger partial charge in [-0.3, -0.25) is 9.48 Å². The Morgan fingerprint density at radius 1 is 1.15 bits per heavy atom. The van der Waals surface area contributed by atoms with E-state index in [9.17, 15) is 4.79 Å². The molecule has 4 heterocycles. The molecule has 41 heavy (non-hydrogen) atoms. The SMILES string of the molecule is Cc1nn(C(C)C)cc1-c1nc2c(-c3ccc4c(c3)CCCCC4NC(=O)c3nc(C(C)(C)C)no3)ccnc2[nH]1. The largest absolute Gasteiger partial charge is 0.341 e. The summed E-state index contributed by atoms with van der Waals surface area (Å²) >= 11 is 0. The number of aromatic amines is 1. The summed E-state index contributed by atoms with van der Waals surface area (Å²) < 4.78 is 7.25. The van der Waals surface area contributed by atoms with E-state index in [1.807, 2.05) is 50.8 Å². The third kappa shape index (κ3) is 5.14. The molecule has 0 fully saturated rings. The van der Waals surface area contributed by atoms with E-state index in [1.165, 1.54) is 5.56 Å². The summed E-state index contributed by atoms with van der Waals surface area (Å²) in [6.07, 6.45) is 7.70. The van der Waals surface area contributed by atoms with E-state index < -0.39 is 0 Å². The van der Waals surface area contributed by atoms with Crippen molar-refractivity contribution in [3.8, 4) is 22.5 Å². The summed E-state index contributed by atoms with van der Waals surface area (Å²) in [5.74, 6) is 0.936. The summed E-state index contributed by atoms with van der Waals surface area (Å²) in [5.41, 5.74) is 7.59. The fourth-order valence-electron chi connectivity index (χ4n) is 5.39. The molecular weight excluding hydrogens is 516 g/mol. The van der Waals surface area contributed by atoms with Crippen LogP contribution >= 0.6 is 0 Å². The Bertz CT molecular complexity index is 1740. The Hall–Kier alpha value is -4.34. The third-order valence-electron chi connectivity index (χ3n) is 7.70. The molecule has 1 aliphatic carbocycles. The second-order valence-electron chi connectivity index (χ2n) is 12.2. The zero-order chi connectivity index (χ0) is 28.9. The number of hydrogen-bond acceptors (Lipinski definition) is 7. The van der Waals surface area contributed by atoms with Gasteiger partial charge in [-0.05, 0) is 62.8 Å². The lowest BCUT2D eigenvalue weighted by Gasteiger charge is -2.19. The Labute approximate surface area is 239 Å². The first kappa shape index (κ1) is 26.9. The quantitative estimate of drug-likeness (QED) is 0.247. The van der Waals surface area contributed by atoms with Crippen LogP contribution in [0.1, 0.15) is 99.3 Å². The van der Waals surface area contributed by atoms with Gasteiger partial charge in [0.05, 0.1) is 17.3 Å². The highest BCUT2D eigenvalue weighted by atomic mass is 16.5. The molecule has 212 valence electrons. The summed E-state index contributed by atoms with van der Waals surface area (Å²) in [7, 11) is 0. The molecule has 0 saturated carbocycles. The van der Waals surface area contributed by atoms with Crippen molar-refractivity contribution in [1.29, 1.82) is 0 Å². The van der Waals surface area contributed by atoms with Gasteiger partial charge in [0.2, 0.25) is 0 Å². The standard InChI is InChI=1S/C31H36N8O2/c1-17(2)39-16-23(18(3)37-39)26-34-25-22(13-14-32-27(25)35-26)20-11-12-21-19(15-20)9-7-8-10-24(21)33-28(40)29-36-30(38-41-29)31(4,5)6/h11-17,24H,7-10H2,1-6H3,(H,33,40)(H,32,34,35). The van der Waals surface area contributed by atoms with Gasteiger partial charge in [0, 0.05) is 29.4 Å². The van der Waals surface area contributed by atoms with Crippen molar-refractivity contribution in [3.05, 3.63) is 65.2 Å². The molecule has 5 aromatic rings. The number of aromatic nitrogens is 7. The Balaban J connectivity index is 1.31. The van der Waals surface area contributed by atoms with Crippen LogP contribution in [0.5, 0.6) is 0 Å². The van der Waals surface area contributed by atoms with E-state index in [0.717, 1.165) is 70.6 Å². The van der Waals surface area contributed by atoms with Crippen LogP contribution in [-0.2, 0) is 11.8 Å². The van der Waals surface area contributed by atoms with Crippen molar-refractivity contribution in [2.75, 3.05) is 0 Å². The summed E-state index contributed by atoms with van der Waals surface area (Å²) in [4.78, 5) is 30.3. The fraction of sp³-hybridized carbons (Fsp3) is 0.419. The second-order valence-corrected chi connectivity index (χ2v) is 12.2. The first-order valence-electron chi connectivity index (χ1n) is 14.3. The lowest BCUT2D eigenvalue weighted by Crippen LogP contribution is -2.29. The minimum absolute atomic E-state index is 0.0000280. The van der Waals surface area contributed by atoms with E-state index in [4.69, 9.17) is 9.51 Å². The number of carbonyl (C=O) groups is 1. The number of fused-ring (bicyclic) bond motifs is 2. The first-order chi connectivity index (χ1) is 19.6. The zero-order valence-electron chi connectivity index (χ0n) is 24.4. The molecule has 4 aromatic heterocycles. The predicted octanol–water partition coefficient (Wildman–Crippen LogP) is 6.26. The molecule has 0 bridgehead atoms. The third-order valence-corrected chi connectivity index (χ3v) is 7.70. The Kier molecular flexibility index (Phi) is 6.71. The van der Waals surface area contributed by atoms with Gasteiger partial charge in [-0.25, -0.2) is 9.97 Å². The number of aryl methyl sites for hydroxylation is 2. The number of rotatable bonds is 5. The number of amides is 1. The number of imidazole rings is 1. The highest BCUT2D eigenvalue weighted by Crippen LogP contribution is 2.35. The molecule has 0 saturated heterocycles. The fourth-order valence-corrected chi connectivity index (χ4v) is 5.39. The van der Waals surface area contributed by atoms with Crippen LogP contribution in [0.15, 0.2) is 41.2 Å². The Morgan fingerprint density at radius 2 is 1.98 bits per heavy atom. The van der Waals surface area contributed by atoms with E-state index in [-0.39, 0.29) is 29.3 Å². The normalized spacial score (nSPS) is 15.7. The number of carbonyl (C=O) groups excluding carboxylic acids is 1. The van der Waals surface area contributed by atoms with Gasteiger partial charge in [0.25, 0.3) is 0 Å². The second kappa shape index (κ2) is 10.2. The molecule has 1 unspecified atom stereocenters. The molecule has 1 aromatic carbocycles. The Morgan fingerprint density at radius 3 is 2.71 bits per heavy atom. The molecule has 10 heteroatoms. The topological polar surface area (TPSA) is 127 Å². The maximum absolute atomic E-state index is 13.1. The summed E-state index contributed by atoms with van der Waals surface area (Å²) in [5, 5.41) is 11.8. The van der Waals surface area contributed by atoms with E-state index in [2.05, 4.69) is 62.6 Å². The number of H-pyrrole nitrogens is 1. The molecule has 0 aliphatic heterocycles. The molecule has 6 rings (SSSR count). The molecule has 0 spiro atoms. The number of benzene rings is 1. The average Bonchev–Trinajstić information content (AvgIpc) is 3.65. The van der Waals surface area contributed by atoms with Crippen LogP contribution in [0, 0.1) is 6.92 Å². The van der Waals surface area contributed by atoms with Gasteiger partial charge >= 0.3 is 11.8 Å². The monoisotopic (exact) mass is 552 g/mol. The van der Waals surface area contributed by atoms with Gasteiger partial charge in [0.1, 0.15) is 11.3 Å². The van der Waals surface area contributed by atoms with E-state index in [1.54, 1.807) is 0 Å². The summed E-state index contributed by atoms with van der Waals surface area (Å²) in [6.45, 7) is 12.2. The van der Waals surface area contributed by atoms with E-state index >= 15 is 0 Å². The van der Waals surface area contributed by atoms with Crippen molar-refractivity contribution >= 4 is 17.1 Å². The molecule has 10 nitrogen and oxygen atoms in total. The average molecular weight is 553 g/mol. The lowest BCUT2D eigenvalue weighted by atomic mass is 9.94. The minimum atomic E-state index is -0.342. The maximum Gasteiger partial charge on any atom is 0.315 e. The van der Waals surface area contributed by atoms with Crippen LogP contribution in [-0.4, -0.2) is 40.8 Å². The zero-order valence-corrected chi connectivity index (χ0v) is 24.4. The van der Waals surface area contributed by atoms with E-state index in [0.29, 0.717) is 5.82 Å². The highest BCUT2D eigenvalue weighted by Gasteiger charge is 2.27. The summed E-state index contributed by atoms with van der Waals surface area (Å²) in [6, 6.07) is 8.62. The van der Waals surface area contributed by atoms with Gasteiger partial charge in [0.15, 0.2) is 11.5 Å². The van der Waals surface area contributed by atoms with Crippen LogP contribution in [0.3, 0.4) is 0 Å². The highest BCUT2D eigenvalue weighted by molar-refractivity contribution is 5.92. The maximum atomic E-state index is 13.1. The molecule has 1 atom stereocenters. The molecule has 2 N–H and O–H groups in total. The molecule has 1 aliphatic rings. The van der Waals surface area contributed by atoms with Gasteiger partial charge < -0.3 is 14.8 Å². The smallest absolute Gasteiger partial charge is 0.315 e. The van der Waals surface area contributed by atoms with Crippen molar-refractivity contribution in [2.24, 2.45) is 0 Å². The van der Waals surface area contributed by atoms with Crippen LogP contribution < -0.4 is 5.32 Å². The predicted molar refractivity (Wildman–Crippen MR) is 156 cm³/mol. The van der Waals surface area contributed by atoms with Gasteiger partial charge in [-0.1, -0.05) is 50.5 Å². The molecular formula is C31H36N8O2. The van der Waals surface area contributed by atoms with Crippen molar-refractivity contribution in [1.82, 2.24) is 40.2 Å². The number of nitrogens with one attached hydrogen (secondary N) is 2. The van der Waals surface area contributed by atoms with Crippen molar-refractivity contribution in [2.45, 2.75) is 84.7 Å². The van der Waals surface area contributed by atoms with Crippen LogP contribution in [0.2, 0.25) is 0 Å². The lowest BCUT2D eigenvalue weighted by molar-refractivity contribution is 0.0890. The van der Waals surface area contributed by atoms with Crippen LogP contribution in [0.4, 0.5) is 0 Å². The van der Waals surface area contributed by atoms with Gasteiger partial charge in [-0.15, -0.1) is 0 Å². The van der Waals surface area contributed by atoms with Crippen molar-refractivity contribution in [3.63, 3.8) is 0 Å². The number of nitrogens with zero attached hydrogens (tertiary/aromatic N) is 6. The number of pyridine rings is 1. The first-order valence-corrected chi connectivity index (χ1v) is 14.3. The number of hydrogen-bond donors (Lipinski definition) is 2.